The number of benzene rings is 1. The maximum absolute atomic E-state index is 12.2. The van der Waals surface area contributed by atoms with Crippen LogP contribution in [0.3, 0.4) is 0 Å². The summed E-state index contributed by atoms with van der Waals surface area (Å²) in [5.41, 5.74) is 7.55. The molecule has 2 amide bonds. The Labute approximate surface area is 178 Å². The second-order valence-electron chi connectivity index (χ2n) is 5.95. The van der Waals surface area contributed by atoms with Crippen LogP contribution in [0.15, 0.2) is 24.3 Å². The number of rotatable bonds is 7. The molecule has 2 rings (SSSR count). The Balaban J connectivity index is 2.06. The average molecular weight is 434 g/mol. The number of thiocarbonyl (C=S) groups is 1. The lowest BCUT2D eigenvalue weighted by molar-refractivity contribution is -0.115. The minimum absolute atomic E-state index is 0.0818. The molecular formula is C20H23N3O4S2. The van der Waals surface area contributed by atoms with Crippen molar-refractivity contribution in [1.82, 2.24) is 5.32 Å². The molecule has 1 heterocycles. The van der Waals surface area contributed by atoms with E-state index in [-0.39, 0.29) is 5.11 Å². The summed E-state index contributed by atoms with van der Waals surface area (Å²) in [4.78, 5) is 25.0. The van der Waals surface area contributed by atoms with Gasteiger partial charge in [0.2, 0.25) is 5.91 Å². The number of thiophene rings is 1. The van der Waals surface area contributed by atoms with Gasteiger partial charge in [-0.25, -0.2) is 0 Å². The number of anilines is 1. The van der Waals surface area contributed by atoms with E-state index in [0.29, 0.717) is 28.5 Å². The van der Waals surface area contributed by atoms with Crippen LogP contribution >= 0.6 is 23.6 Å². The third-order valence-electron chi connectivity index (χ3n) is 4.11. The summed E-state index contributed by atoms with van der Waals surface area (Å²) in [6.45, 7) is 3.86. The van der Waals surface area contributed by atoms with Crippen molar-refractivity contribution in [3.8, 4) is 11.5 Å². The van der Waals surface area contributed by atoms with E-state index in [4.69, 9.17) is 27.4 Å². The largest absolute Gasteiger partial charge is 0.493 e. The van der Waals surface area contributed by atoms with Gasteiger partial charge in [0.1, 0.15) is 5.00 Å². The Morgan fingerprint density at radius 1 is 1.24 bits per heavy atom. The molecular weight excluding hydrogens is 410 g/mol. The molecule has 0 spiro atoms. The molecule has 0 atom stereocenters. The van der Waals surface area contributed by atoms with E-state index in [0.717, 1.165) is 16.0 Å². The van der Waals surface area contributed by atoms with Gasteiger partial charge in [-0.1, -0.05) is 13.0 Å². The zero-order valence-corrected chi connectivity index (χ0v) is 18.3. The molecule has 0 aliphatic heterocycles. The van der Waals surface area contributed by atoms with Gasteiger partial charge >= 0.3 is 0 Å². The molecule has 9 heteroatoms. The van der Waals surface area contributed by atoms with Crippen LogP contribution in [0.25, 0.3) is 6.08 Å². The molecule has 4 N–H and O–H groups in total. The topological polar surface area (TPSA) is 103 Å². The van der Waals surface area contributed by atoms with Crippen molar-refractivity contribution in [3.05, 3.63) is 45.8 Å². The van der Waals surface area contributed by atoms with Crippen molar-refractivity contribution >= 4 is 51.6 Å². The van der Waals surface area contributed by atoms with Gasteiger partial charge in [-0.3, -0.25) is 14.9 Å². The number of ether oxygens (including phenoxy) is 2. The summed E-state index contributed by atoms with van der Waals surface area (Å²) < 4.78 is 10.4. The van der Waals surface area contributed by atoms with E-state index in [1.165, 1.54) is 17.4 Å². The van der Waals surface area contributed by atoms with Crippen LogP contribution in [0.4, 0.5) is 5.00 Å². The number of hydrogen-bond donors (Lipinski definition) is 3. The first-order chi connectivity index (χ1) is 13.8. The molecule has 154 valence electrons. The second kappa shape index (κ2) is 10.0. The molecule has 29 heavy (non-hydrogen) atoms. The number of aryl methyl sites for hydroxylation is 1. The molecule has 0 aliphatic carbocycles. The predicted octanol–water partition coefficient (Wildman–Crippen LogP) is 3.26. The SMILES string of the molecule is CCc1c(C)sc(NC(=S)NC(=O)/C=C/c2ccc(OC)c(OC)c2)c1C(N)=O. The standard InChI is InChI=1S/C20H23N3O4S2/c1-5-13-11(2)29-19(17(13)18(21)25)23-20(28)22-16(24)9-7-12-6-8-14(26-3)15(10-12)27-4/h6-10H,5H2,1-4H3,(H2,21,25)(H2,22,23,24,28)/b9-7+. The summed E-state index contributed by atoms with van der Waals surface area (Å²) >= 11 is 6.56. The van der Waals surface area contributed by atoms with Gasteiger partial charge in [0, 0.05) is 11.0 Å². The third-order valence-corrected chi connectivity index (χ3v) is 5.37. The van der Waals surface area contributed by atoms with Crippen molar-refractivity contribution in [3.63, 3.8) is 0 Å². The maximum Gasteiger partial charge on any atom is 0.251 e. The molecule has 0 saturated heterocycles. The lowest BCUT2D eigenvalue weighted by Gasteiger charge is -2.09. The van der Waals surface area contributed by atoms with Gasteiger partial charge in [-0.05, 0) is 54.9 Å². The van der Waals surface area contributed by atoms with Crippen LogP contribution < -0.4 is 25.8 Å². The highest BCUT2D eigenvalue weighted by Gasteiger charge is 2.19. The number of nitrogens with one attached hydrogen (secondary N) is 2. The summed E-state index contributed by atoms with van der Waals surface area (Å²) in [6.07, 6.45) is 3.65. The molecule has 0 saturated carbocycles. The molecule has 0 bridgehead atoms. The fourth-order valence-electron chi connectivity index (χ4n) is 2.77. The number of carbonyl (C=O) groups excluding carboxylic acids is 2. The van der Waals surface area contributed by atoms with Crippen LogP contribution in [-0.2, 0) is 11.2 Å². The fraction of sp³-hybridized carbons (Fsp3) is 0.250. The van der Waals surface area contributed by atoms with E-state index in [2.05, 4.69) is 10.6 Å². The van der Waals surface area contributed by atoms with Crippen molar-refractivity contribution in [2.75, 3.05) is 19.5 Å². The molecule has 0 fully saturated rings. The first-order valence-electron chi connectivity index (χ1n) is 8.74. The van der Waals surface area contributed by atoms with Crippen LogP contribution in [0.2, 0.25) is 0 Å². The Hall–Kier alpha value is -2.91. The number of primary amides is 1. The van der Waals surface area contributed by atoms with Crippen molar-refractivity contribution in [1.29, 1.82) is 0 Å². The van der Waals surface area contributed by atoms with Gasteiger partial charge < -0.3 is 20.5 Å². The fourth-order valence-corrected chi connectivity index (χ4v) is 4.19. The first kappa shape index (κ1) is 22.4. The molecule has 7 nitrogen and oxygen atoms in total. The minimum atomic E-state index is -0.531. The predicted molar refractivity (Wildman–Crippen MR) is 120 cm³/mol. The van der Waals surface area contributed by atoms with Gasteiger partial charge in [0.05, 0.1) is 19.8 Å². The zero-order valence-electron chi connectivity index (χ0n) is 16.6. The zero-order chi connectivity index (χ0) is 21.6. The van der Waals surface area contributed by atoms with Crippen LogP contribution in [-0.4, -0.2) is 31.1 Å². The molecule has 2 aromatic rings. The summed E-state index contributed by atoms with van der Waals surface area (Å²) in [5, 5.41) is 6.06. The van der Waals surface area contributed by atoms with Crippen LogP contribution in [0, 0.1) is 6.92 Å². The Bertz CT molecular complexity index is 967. The van der Waals surface area contributed by atoms with Crippen LogP contribution in [0.5, 0.6) is 11.5 Å². The summed E-state index contributed by atoms with van der Waals surface area (Å²) in [6, 6.07) is 5.29. The Morgan fingerprint density at radius 3 is 2.52 bits per heavy atom. The number of carbonyl (C=O) groups is 2. The lowest BCUT2D eigenvalue weighted by atomic mass is 10.1. The molecule has 0 radical (unpaired) electrons. The quantitative estimate of drug-likeness (QED) is 0.458. The molecule has 0 unspecified atom stereocenters. The summed E-state index contributed by atoms with van der Waals surface area (Å²) in [7, 11) is 3.09. The smallest absolute Gasteiger partial charge is 0.251 e. The van der Waals surface area contributed by atoms with Gasteiger partial charge in [-0.15, -0.1) is 11.3 Å². The van der Waals surface area contributed by atoms with Crippen molar-refractivity contribution in [2.24, 2.45) is 5.73 Å². The third kappa shape index (κ3) is 5.55. The maximum atomic E-state index is 12.2. The average Bonchev–Trinajstić information content (AvgIpc) is 3.00. The molecule has 1 aromatic carbocycles. The lowest BCUT2D eigenvalue weighted by Crippen LogP contribution is -2.33. The highest BCUT2D eigenvalue weighted by Crippen LogP contribution is 2.33. The van der Waals surface area contributed by atoms with E-state index >= 15 is 0 Å². The highest BCUT2D eigenvalue weighted by atomic mass is 32.1. The number of hydrogen-bond acceptors (Lipinski definition) is 6. The van der Waals surface area contributed by atoms with Gasteiger partial charge in [0.25, 0.3) is 5.91 Å². The number of nitrogens with two attached hydrogens (primary N) is 1. The van der Waals surface area contributed by atoms with Gasteiger partial charge in [-0.2, -0.15) is 0 Å². The monoisotopic (exact) mass is 433 g/mol. The number of methoxy groups -OCH3 is 2. The minimum Gasteiger partial charge on any atom is -0.493 e. The highest BCUT2D eigenvalue weighted by molar-refractivity contribution is 7.80. The first-order valence-corrected chi connectivity index (χ1v) is 9.97. The Kier molecular flexibility index (Phi) is 7.74. The second-order valence-corrected chi connectivity index (χ2v) is 7.58. The van der Waals surface area contributed by atoms with Crippen molar-refractivity contribution < 1.29 is 19.1 Å². The van der Waals surface area contributed by atoms with Gasteiger partial charge in [0.15, 0.2) is 16.6 Å². The normalized spacial score (nSPS) is 10.6. The number of amides is 2. The Morgan fingerprint density at radius 2 is 1.93 bits per heavy atom. The van der Waals surface area contributed by atoms with E-state index in [1.807, 2.05) is 13.8 Å². The van der Waals surface area contributed by atoms with Crippen LogP contribution in [0.1, 0.15) is 33.3 Å². The van der Waals surface area contributed by atoms with E-state index in [9.17, 15) is 9.59 Å². The summed E-state index contributed by atoms with van der Waals surface area (Å²) in [5.74, 6) is 0.214. The van der Waals surface area contributed by atoms with E-state index < -0.39 is 11.8 Å². The molecule has 0 aliphatic rings. The van der Waals surface area contributed by atoms with E-state index in [1.54, 1.807) is 38.5 Å². The molecule has 1 aromatic heterocycles. The van der Waals surface area contributed by atoms with Crippen molar-refractivity contribution in [2.45, 2.75) is 20.3 Å².